The van der Waals surface area contributed by atoms with E-state index in [-0.39, 0.29) is 11.2 Å². The average Bonchev–Trinajstić information content (AvgIpc) is 2.36. The van der Waals surface area contributed by atoms with Crippen LogP contribution in [0.25, 0.3) is 0 Å². The molecule has 0 heterocycles. The molecule has 0 fully saturated rings. The molecule has 0 aliphatic heterocycles. The van der Waals surface area contributed by atoms with Gasteiger partial charge in [0.2, 0.25) is 0 Å². The Morgan fingerprint density at radius 2 is 1.77 bits per heavy atom. The maximum absolute atomic E-state index is 11.0. The molecule has 0 atom stereocenters. The van der Waals surface area contributed by atoms with Gasteiger partial charge in [-0.3, -0.25) is 4.79 Å². The van der Waals surface area contributed by atoms with Gasteiger partial charge in [-0.15, -0.1) is 0 Å². The smallest absolute Gasteiger partial charge is 0.152 e. The van der Waals surface area contributed by atoms with E-state index < -0.39 is 0 Å². The minimum atomic E-state index is 0.0877. The van der Waals surface area contributed by atoms with Gasteiger partial charge in [-0.25, -0.2) is 0 Å². The lowest BCUT2D eigenvalue weighted by atomic mass is 9.72. The van der Waals surface area contributed by atoms with Gasteiger partial charge in [0.15, 0.2) is 5.78 Å². The Morgan fingerprint density at radius 3 is 2.36 bits per heavy atom. The normalized spacial score (nSPS) is 20.3. The molecule has 120 valence electrons. The predicted molar refractivity (Wildman–Crippen MR) is 96.8 cm³/mol. The van der Waals surface area contributed by atoms with Gasteiger partial charge >= 0.3 is 0 Å². The van der Waals surface area contributed by atoms with Gasteiger partial charge in [-0.2, -0.15) is 0 Å². The van der Waals surface area contributed by atoms with Crippen LogP contribution in [0.15, 0.2) is 58.7 Å². The molecular weight excluding hydrogens is 268 g/mol. The number of carbonyl (C=O) groups is 1. The molecule has 1 aliphatic carbocycles. The number of allylic oxidation sites excluding steroid dienone is 10. The molecule has 1 heteroatoms. The van der Waals surface area contributed by atoms with Crippen LogP contribution in [0.5, 0.6) is 0 Å². The third-order valence-corrected chi connectivity index (χ3v) is 4.20. The highest BCUT2D eigenvalue weighted by molar-refractivity contribution is 5.88. The molecule has 0 N–H and O–H groups in total. The van der Waals surface area contributed by atoms with E-state index in [2.05, 4.69) is 45.9 Å². The number of hydrogen-bond acceptors (Lipinski definition) is 1. The Labute approximate surface area is 136 Å². The zero-order valence-electron chi connectivity index (χ0n) is 15.0. The molecule has 0 spiro atoms. The molecule has 0 saturated heterocycles. The van der Waals surface area contributed by atoms with Gasteiger partial charge in [0, 0.05) is 0 Å². The topological polar surface area (TPSA) is 17.1 Å². The van der Waals surface area contributed by atoms with E-state index in [0.717, 1.165) is 5.57 Å². The lowest BCUT2D eigenvalue weighted by molar-refractivity contribution is -0.112. The minimum absolute atomic E-state index is 0.0877. The number of hydrogen-bond donors (Lipinski definition) is 0. The maximum atomic E-state index is 11.0. The third-order valence-electron chi connectivity index (χ3n) is 4.20. The molecule has 0 saturated carbocycles. The molecule has 0 amide bonds. The number of rotatable bonds is 5. The largest absolute Gasteiger partial charge is 0.295 e. The highest BCUT2D eigenvalue weighted by Crippen LogP contribution is 2.40. The van der Waals surface area contributed by atoms with E-state index in [4.69, 9.17) is 0 Å². The second kappa shape index (κ2) is 8.12. The zero-order chi connectivity index (χ0) is 16.8. The summed E-state index contributed by atoms with van der Waals surface area (Å²) in [6.45, 7) is 12.6. The first-order valence-electron chi connectivity index (χ1n) is 8.14. The summed E-state index contributed by atoms with van der Waals surface area (Å²) in [5.74, 6) is 0.0877. The standard InChI is InChI=1S/C21H30O/c1-16(9-7-10-17(2)15-19(4)22)12-13-20-18(3)11-8-14-21(20,5)6/h7,9-10,12-13,15H,8,11,14H2,1-6H3/b10-7-,13-12+,16-9+,17-15+. The Hall–Kier alpha value is -1.63. The summed E-state index contributed by atoms with van der Waals surface area (Å²) in [4.78, 5) is 11.0. The minimum Gasteiger partial charge on any atom is -0.295 e. The van der Waals surface area contributed by atoms with Gasteiger partial charge in [0.1, 0.15) is 0 Å². The Balaban J connectivity index is 2.79. The van der Waals surface area contributed by atoms with Crippen molar-refractivity contribution in [3.05, 3.63) is 58.7 Å². The van der Waals surface area contributed by atoms with Crippen LogP contribution >= 0.6 is 0 Å². The molecule has 22 heavy (non-hydrogen) atoms. The third kappa shape index (κ3) is 6.01. The highest BCUT2D eigenvalue weighted by Gasteiger charge is 2.26. The molecule has 0 radical (unpaired) electrons. The fraction of sp³-hybridized carbons (Fsp3) is 0.476. The van der Waals surface area contributed by atoms with E-state index in [9.17, 15) is 4.79 Å². The summed E-state index contributed by atoms with van der Waals surface area (Å²) in [5, 5.41) is 0. The molecule has 0 aromatic carbocycles. The molecule has 0 aromatic heterocycles. The Morgan fingerprint density at radius 1 is 1.09 bits per heavy atom. The van der Waals surface area contributed by atoms with Crippen molar-refractivity contribution in [3.63, 3.8) is 0 Å². The summed E-state index contributed by atoms with van der Waals surface area (Å²) in [7, 11) is 0. The first kappa shape index (κ1) is 18.4. The first-order valence-corrected chi connectivity index (χ1v) is 8.14. The quantitative estimate of drug-likeness (QED) is 0.442. The van der Waals surface area contributed by atoms with Gasteiger partial charge in [-0.1, -0.05) is 55.4 Å². The summed E-state index contributed by atoms with van der Waals surface area (Å²) in [6, 6.07) is 0. The molecular formula is C21H30O. The van der Waals surface area contributed by atoms with Crippen LogP contribution < -0.4 is 0 Å². The second-order valence-corrected chi connectivity index (χ2v) is 7.03. The van der Waals surface area contributed by atoms with E-state index >= 15 is 0 Å². The van der Waals surface area contributed by atoms with Crippen LogP contribution in [0.3, 0.4) is 0 Å². The Bertz CT molecular complexity index is 563. The SMILES string of the molecule is CC(=O)/C=C(C)/C=C\C=C(C)\C=C\C1=C(C)CCCC1(C)C. The molecule has 0 bridgehead atoms. The van der Waals surface area contributed by atoms with Crippen molar-refractivity contribution in [2.45, 2.75) is 60.8 Å². The second-order valence-electron chi connectivity index (χ2n) is 7.03. The van der Waals surface area contributed by atoms with E-state index in [1.807, 2.05) is 19.1 Å². The highest BCUT2D eigenvalue weighted by atomic mass is 16.1. The van der Waals surface area contributed by atoms with Gasteiger partial charge in [0.05, 0.1) is 0 Å². The van der Waals surface area contributed by atoms with Gasteiger partial charge in [0.25, 0.3) is 0 Å². The van der Waals surface area contributed by atoms with Crippen molar-refractivity contribution in [1.29, 1.82) is 0 Å². The fourth-order valence-electron chi connectivity index (χ4n) is 3.00. The lowest BCUT2D eigenvalue weighted by Crippen LogP contribution is -2.19. The van der Waals surface area contributed by atoms with Crippen LogP contribution in [0.2, 0.25) is 0 Å². The number of ketones is 1. The monoisotopic (exact) mass is 298 g/mol. The van der Waals surface area contributed by atoms with Crippen LogP contribution in [-0.4, -0.2) is 5.78 Å². The summed E-state index contributed by atoms with van der Waals surface area (Å²) >= 11 is 0. The van der Waals surface area contributed by atoms with Crippen molar-refractivity contribution in [1.82, 2.24) is 0 Å². The first-order chi connectivity index (χ1) is 10.2. The van der Waals surface area contributed by atoms with Crippen molar-refractivity contribution in [2.24, 2.45) is 5.41 Å². The lowest BCUT2D eigenvalue weighted by Gasteiger charge is -2.32. The fourth-order valence-corrected chi connectivity index (χ4v) is 3.00. The van der Waals surface area contributed by atoms with Crippen LogP contribution in [0.1, 0.15) is 60.8 Å². The van der Waals surface area contributed by atoms with Crippen molar-refractivity contribution in [3.8, 4) is 0 Å². The molecule has 0 aromatic rings. The maximum Gasteiger partial charge on any atom is 0.152 e. The molecule has 1 aliphatic rings. The van der Waals surface area contributed by atoms with Gasteiger partial charge < -0.3 is 0 Å². The van der Waals surface area contributed by atoms with Gasteiger partial charge in [-0.05, 0) is 69.6 Å². The van der Waals surface area contributed by atoms with Crippen molar-refractivity contribution in [2.75, 3.05) is 0 Å². The molecule has 1 nitrogen and oxygen atoms in total. The molecule has 1 rings (SSSR count). The van der Waals surface area contributed by atoms with E-state index in [0.29, 0.717) is 0 Å². The zero-order valence-corrected chi connectivity index (χ0v) is 15.0. The predicted octanol–water partition coefficient (Wildman–Crippen LogP) is 6.11. The Kier molecular flexibility index (Phi) is 6.80. The summed E-state index contributed by atoms with van der Waals surface area (Å²) < 4.78 is 0. The van der Waals surface area contributed by atoms with Crippen molar-refractivity contribution >= 4 is 5.78 Å². The number of carbonyl (C=O) groups excluding carboxylic acids is 1. The van der Waals surface area contributed by atoms with Crippen LogP contribution in [0, 0.1) is 5.41 Å². The summed E-state index contributed by atoms with van der Waals surface area (Å²) in [5.41, 5.74) is 5.50. The molecule has 0 unspecified atom stereocenters. The van der Waals surface area contributed by atoms with Crippen LogP contribution in [-0.2, 0) is 4.79 Å². The van der Waals surface area contributed by atoms with E-state index in [1.54, 1.807) is 13.0 Å². The van der Waals surface area contributed by atoms with Crippen LogP contribution in [0.4, 0.5) is 0 Å². The summed E-state index contributed by atoms with van der Waals surface area (Å²) in [6.07, 6.45) is 16.0. The average molecular weight is 298 g/mol. The van der Waals surface area contributed by atoms with E-state index in [1.165, 1.54) is 36.0 Å². The van der Waals surface area contributed by atoms with Crippen molar-refractivity contribution < 1.29 is 4.79 Å².